The number of alkyl halides is 1. The Morgan fingerprint density at radius 3 is 2.55 bits per heavy atom. The van der Waals surface area contributed by atoms with Crippen molar-refractivity contribution in [3.05, 3.63) is 54.6 Å². The molecule has 1 aliphatic carbocycles. The van der Waals surface area contributed by atoms with Gasteiger partial charge in [-0.2, -0.15) is 0 Å². The standard InChI is InChI=1S/C21H21ClN4O2S/c22-13-19-24-18-14-23-21-17(20(18)26(19)15-7-3-1-4-8-15)11-12-25(21)29(27,28)16-9-5-2-6-10-16/h2,5-6,9-12,14-15H,1,3-4,7-8,13H2. The lowest BCUT2D eigenvalue weighted by atomic mass is 9.95. The Labute approximate surface area is 174 Å². The summed E-state index contributed by atoms with van der Waals surface area (Å²) < 4.78 is 29.8. The lowest BCUT2D eigenvalue weighted by Crippen LogP contribution is -2.15. The normalized spacial score (nSPS) is 16.0. The first-order chi connectivity index (χ1) is 14.1. The molecule has 6 nitrogen and oxygen atoms in total. The SMILES string of the molecule is O=S(=O)(c1ccccc1)n1ccc2c1ncc1nc(CCl)n(C3CCCCC3)c12. The molecule has 3 heterocycles. The molecule has 0 spiro atoms. The average molecular weight is 429 g/mol. The number of hydrogen-bond acceptors (Lipinski definition) is 4. The molecular formula is C21H21ClN4O2S. The van der Waals surface area contributed by atoms with E-state index in [1.807, 2.05) is 6.07 Å². The number of benzene rings is 1. The quantitative estimate of drug-likeness (QED) is 0.435. The molecule has 0 bridgehead atoms. The van der Waals surface area contributed by atoms with Gasteiger partial charge in [0, 0.05) is 17.6 Å². The minimum absolute atomic E-state index is 0.238. The highest BCUT2D eigenvalue weighted by Gasteiger charge is 2.25. The fourth-order valence-electron chi connectivity index (χ4n) is 4.42. The van der Waals surface area contributed by atoms with Gasteiger partial charge in [0.05, 0.1) is 22.5 Å². The van der Waals surface area contributed by atoms with E-state index in [4.69, 9.17) is 16.6 Å². The van der Waals surface area contributed by atoms with Crippen LogP contribution < -0.4 is 0 Å². The van der Waals surface area contributed by atoms with E-state index < -0.39 is 10.0 Å². The highest BCUT2D eigenvalue weighted by molar-refractivity contribution is 7.90. The molecule has 0 saturated heterocycles. The number of nitrogens with zero attached hydrogens (tertiary/aromatic N) is 4. The van der Waals surface area contributed by atoms with Crippen molar-refractivity contribution in [1.82, 2.24) is 18.5 Å². The second-order valence-corrected chi connectivity index (χ2v) is 9.56. The van der Waals surface area contributed by atoms with Crippen LogP contribution in [0.15, 0.2) is 53.7 Å². The Kier molecular flexibility index (Phi) is 4.59. The molecule has 1 saturated carbocycles. The van der Waals surface area contributed by atoms with Crippen LogP contribution in [0.2, 0.25) is 0 Å². The van der Waals surface area contributed by atoms with Crippen LogP contribution in [-0.4, -0.2) is 26.9 Å². The highest BCUT2D eigenvalue weighted by Crippen LogP contribution is 2.36. The second-order valence-electron chi connectivity index (χ2n) is 7.48. The van der Waals surface area contributed by atoms with Crippen LogP contribution in [0.25, 0.3) is 22.1 Å². The smallest absolute Gasteiger partial charge is 0.269 e. The highest BCUT2D eigenvalue weighted by atomic mass is 35.5. The summed E-state index contributed by atoms with van der Waals surface area (Å²) in [6.45, 7) is 0. The third-order valence-corrected chi connectivity index (χ3v) is 7.68. The number of hydrogen-bond donors (Lipinski definition) is 0. The summed E-state index contributed by atoms with van der Waals surface area (Å²) in [4.78, 5) is 9.39. The van der Waals surface area contributed by atoms with E-state index in [1.165, 1.54) is 23.2 Å². The van der Waals surface area contributed by atoms with Crippen molar-refractivity contribution in [2.45, 2.75) is 48.9 Å². The third-order valence-electron chi connectivity index (χ3n) is 5.76. The van der Waals surface area contributed by atoms with Crippen molar-refractivity contribution >= 4 is 43.7 Å². The fourth-order valence-corrected chi connectivity index (χ4v) is 5.93. The monoisotopic (exact) mass is 428 g/mol. The Morgan fingerprint density at radius 2 is 1.83 bits per heavy atom. The largest absolute Gasteiger partial charge is 0.323 e. The molecule has 1 fully saturated rings. The zero-order valence-corrected chi connectivity index (χ0v) is 17.4. The first kappa shape index (κ1) is 18.6. The van der Waals surface area contributed by atoms with Crippen LogP contribution in [0.5, 0.6) is 0 Å². The molecule has 8 heteroatoms. The predicted molar refractivity (Wildman–Crippen MR) is 114 cm³/mol. The van der Waals surface area contributed by atoms with Crippen molar-refractivity contribution in [3.63, 3.8) is 0 Å². The van der Waals surface area contributed by atoms with Gasteiger partial charge >= 0.3 is 0 Å². The second kappa shape index (κ2) is 7.15. The minimum Gasteiger partial charge on any atom is -0.323 e. The number of halogens is 1. The van der Waals surface area contributed by atoms with E-state index in [0.717, 1.165) is 35.1 Å². The molecule has 3 aromatic heterocycles. The van der Waals surface area contributed by atoms with Crippen LogP contribution >= 0.6 is 11.6 Å². The summed E-state index contributed by atoms with van der Waals surface area (Å²) in [5, 5.41) is 0.788. The van der Waals surface area contributed by atoms with E-state index in [-0.39, 0.29) is 4.90 Å². The summed E-state index contributed by atoms with van der Waals surface area (Å²) >= 11 is 6.23. The molecule has 1 aliphatic rings. The molecular weight excluding hydrogens is 408 g/mol. The molecule has 0 radical (unpaired) electrons. The topological polar surface area (TPSA) is 69.8 Å². The maximum atomic E-state index is 13.2. The molecule has 1 aromatic carbocycles. The first-order valence-corrected chi connectivity index (χ1v) is 11.8. The van der Waals surface area contributed by atoms with E-state index in [9.17, 15) is 8.42 Å². The van der Waals surface area contributed by atoms with E-state index >= 15 is 0 Å². The van der Waals surface area contributed by atoms with Gasteiger partial charge in [-0.3, -0.25) is 0 Å². The Morgan fingerprint density at radius 1 is 1.07 bits per heavy atom. The molecule has 4 aromatic rings. The number of imidazole rings is 1. The molecule has 0 N–H and O–H groups in total. The number of pyridine rings is 1. The molecule has 5 rings (SSSR count). The van der Waals surface area contributed by atoms with Gasteiger partial charge in [-0.05, 0) is 31.0 Å². The van der Waals surface area contributed by atoms with E-state index in [1.54, 1.807) is 42.7 Å². The lowest BCUT2D eigenvalue weighted by molar-refractivity contribution is 0.355. The van der Waals surface area contributed by atoms with Gasteiger partial charge in [-0.1, -0.05) is 37.5 Å². The number of fused-ring (bicyclic) bond motifs is 3. The Balaban J connectivity index is 1.75. The third kappa shape index (κ3) is 2.95. The molecule has 0 atom stereocenters. The van der Waals surface area contributed by atoms with E-state index in [2.05, 4.69) is 9.55 Å². The summed E-state index contributed by atoms with van der Waals surface area (Å²) in [6.07, 6.45) is 9.03. The van der Waals surface area contributed by atoms with Crippen molar-refractivity contribution in [3.8, 4) is 0 Å². The predicted octanol–water partition coefficient (Wildman–Crippen LogP) is 4.87. The number of aromatic nitrogens is 4. The van der Waals surface area contributed by atoms with Gasteiger partial charge in [0.25, 0.3) is 10.0 Å². The molecule has 150 valence electrons. The molecule has 29 heavy (non-hydrogen) atoms. The Hall–Kier alpha value is -2.38. The van der Waals surface area contributed by atoms with Gasteiger partial charge in [0.15, 0.2) is 5.65 Å². The van der Waals surface area contributed by atoms with Gasteiger partial charge in [0.1, 0.15) is 11.3 Å². The number of rotatable bonds is 4. The first-order valence-electron chi connectivity index (χ1n) is 9.84. The van der Waals surface area contributed by atoms with Crippen molar-refractivity contribution in [1.29, 1.82) is 0 Å². The van der Waals surface area contributed by atoms with Gasteiger partial charge in [-0.25, -0.2) is 22.4 Å². The minimum atomic E-state index is -3.73. The van der Waals surface area contributed by atoms with Crippen LogP contribution in [0.1, 0.15) is 44.0 Å². The van der Waals surface area contributed by atoms with E-state index in [0.29, 0.717) is 17.6 Å². The van der Waals surface area contributed by atoms with Crippen LogP contribution in [0.4, 0.5) is 0 Å². The van der Waals surface area contributed by atoms with Crippen LogP contribution in [-0.2, 0) is 15.9 Å². The maximum Gasteiger partial charge on any atom is 0.269 e. The van der Waals surface area contributed by atoms with Crippen LogP contribution in [0, 0.1) is 0 Å². The summed E-state index contributed by atoms with van der Waals surface area (Å²) in [6, 6.07) is 10.6. The zero-order chi connectivity index (χ0) is 20.0. The maximum absolute atomic E-state index is 13.2. The zero-order valence-electron chi connectivity index (χ0n) is 15.8. The van der Waals surface area contributed by atoms with Crippen molar-refractivity contribution in [2.75, 3.05) is 0 Å². The van der Waals surface area contributed by atoms with Crippen molar-refractivity contribution in [2.24, 2.45) is 0 Å². The molecule has 0 unspecified atom stereocenters. The fraction of sp³-hybridized carbons (Fsp3) is 0.333. The molecule has 0 amide bonds. The summed E-state index contributed by atoms with van der Waals surface area (Å²) in [5.74, 6) is 1.14. The van der Waals surface area contributed by atoms with Crippen LogP contribution in [0.3, 0.4) is 0 Å². The Bertz CT molecular complexity index is 1290. The summed E-state index contributed by atoms with van der Waals surface area (Å²) in [7, 11) is -3.73. The average Bonchev–Trinajstić information content (AvgIpc) is 3.36. The van der Waals surface area contributed by atoms with Gasteiger partial charge < -0.3 is 4.57 Å². The lowest BCUT2D eigenvalue weighted by Gasteiger charge is -2.25. The summed E-state index contributed by atoms with van der Waals surface area (Å²) in [5.41, 5.74) is 2.10. The molecule has 0 aliphatic heterocycles. The van der Waals surface area contributed by atoms with Crippen molar-refractivity contribution < 1.29 is 8.42 Å². The van der Waals surface area contributed by atoms with Gasteiger partial charge in [-0.15, -0.1) is 11.6 Å². The van der Waals surface area contributed by atoms with Gasteiger partial charge in [0.2, 0.25) is 0 Å².